The van der Waals surface area contributed by atoms with Crippen molar-refractivity contribution in [3.8, 4) is 0 Å². The molecule has 2 aromatic rings. The minimum absolute atomic E-state index is 0.0522. The van der Waals surface area contributed by atoms with Gasteiger partial charge >= 0.3 is 12.4 Å². The fourth-order valence-corrected chi connectivity index (χ4v) is 5.89. The third-order valence-electron chi connectivity index (χ3n) is 7.59. The number of anilines is 2. The van der Waals surface area contributed by atoms with Crippen LogP contribution < -0.4 is 16.0 Å². The molecule has 41 heavy (non-hydrogen) atoms. The Labute approximate surface area is 231 Å². The average molecular weight is 588 g/mol. The Kier molecular flexibility index (Phi) is 8.67. The van der Waals surface area contributed by atoms with Crippen molar-refractivity contribution < 1.29 is 45.4 Å². The number of hydrogen-bond donors (Lipinski definition) is 4. The lowest BCUT2D eigenvalue weighted by molar-refractivity contribution is -0.140. The van der Waals surface area contributed by atoms with Gasteiger partial charge in [0.2, 0.25) is 5.91 Å². The molecule has 2 saturated carbocycles. The first-order valence-electron chi connectivity index (χ1n) is 12.9. The lowest BCUT2D eigenvalue weighted by Crippen LogP contribution is -2.48. The number of aliphatic hydroxyl groups is 1. The van der Waals surface area contributed by atoms with E-state index < -0.39 is 59.3 Å². The van der Waals surface area contributed by atoms with Gasteiger partial charge in [0.25, 0.3) is 5.91 Å². The van der Waals surface area contributed by atoms with Gasteiger partial charge in [-0.2, -0.15) is 26.3 Å². The number of carbonyl (C=O) groups is 2. The van der Waals surface area contributed by atoms with E-state index in [4.69, 9.17) is 5.11 Å². The van der Waals surface area contributed by atoms with E-state index in [9.17, 15) is 40.3 Å². The van der Waals surface area contributed by atoms with Gasteiger partial charge in [0, 0.05) is 43.1 Å². The standard InChI is InChI=1S/C28H28F7N3O3/c1-36-22-9-4-14(3-2-10-39)11-18(22)25(40)38-24-17-7-6-16(19(17)13-27(30,31)32)23(24)26(41)37-15-5-8-21(29)20(12-15)28(33,34)35/h4-5,8-9,11-13,16-17,23-24,36,39H,2-3,6-7,10H2,1H3,(H,37,41)(H,38,40)/b19-13-/t16-,17+,23-,24+/m0/s1. The van der Waals surface area contributed by atoms with Gasteiger partial charge in [-0.25, -0.2) is 4.39 Å². The summed E-state index contributed by atoms with van der Waals surface area (Å²) in [5.74, 6) is -6.03. The minimum Gasteiger partial charge on any atom is -0.396 e. The number of nitrogens with one attached hydrogen (secondary N) is 3. The molecule has 4 N–H and O–H groups in total. The molecule has 0 heterocycles. The maximum atomic E-state index is 13.7. The molecule has 2 bridgehead atoms. The average Bonchev–Trinajstić information content (AvgIpc) is 3.40. The Morgan fingerprint density at radius 3 is 2.37 bits per heavy atom. The van der Waals surface area contributed by atoms with Crippen LogP contribution in [0.5, 0.6) is 0 Å². The smallest absolute Gasteiger partial charge is 0.396 e. The fraction of sp³-hybridized carbons (Fsp3) is 0.429. The number of allylic oxidation sites excluding steroid dienone is 1. The summed E-state index contributed by atoms with van der Waals surface area (Å²) in [4.78, 5) is 26.9. The van der Waals surface area contributed by atoms with Crippen LogP contribution in [0, 0.1) is 23.6 Å². The van der Waals surface area contributed by atoms with Crippen LogP contribution in [0.1, 0.15) is 40.7 Å². The number of aliphatic hydroxyl groups excluding tert-OH is 1. The van der Waals surface area contributed by atoms with E-state index in [1.807, 2.05) is 0 Å². The van der Waals surface area contributed by atoms with Crippen molar-refractivity contribution >= 4 is 23.2 Å². The molecule has 2 aliphatic carbocycles. The molecule has 0 unspecified atom stereocenters. The summed E-state index contributed by atoms with van der Waals surface area (Å²) in [6.07, 6.45) is -8.19. The molecule has 4 rings (SSSR count). The number of aryl methyl sites for hydroxylation is 1. The van der Waals surface area contributed by atoms with Crippen LogP contribution in [0.4, 0.5) is 42.1 Å². The normalized spacial score (nSPS) is 23.1. The highest BCUT2D eigenvalue weighted by Gasteiger charge is 2.55. The van der Waals surface area contributed by atoms with Crippen molar-refractivity contribution in [3.63, 3.8) is 0 Å². The molecule has 0 saturated heterocycles. The van der Waals surface area contributed by atoms with Crippen LogP contribution in [0.3, 0.4) is 0 Å². The number of halogens is 7. The molecular formula is C28H28F7N3O3. The summed E-state index contributed by atoms with van der Waals surface area (Å²) in [5.41, 5.74) is -0.696. The van der Waals surface area contributed by atoms with Crippen LogP contribution in [0.2, 0.25) is 0 Å². The van der Waals surface area contributed by atoms with Gasteiger partial charge in [-0.15, -0.1) is 0 Å². The molecule has 0 aliphatic heterocycles. The molecule has 2 fully saturated rings. The Balaban J connectivity index is 1.66. The monoisotopic (exact) mass is 587 g/mol. The Bertz CT molecular complexity index is 1340. The van der Waals surface area contributed by atoms with Crippen molar-refractivity contribution in [2.24, 2.45) is 17.8 Å². The van der Waals surface area contributed by atoms with Gasteiger partial charge in [-0.05, 0) is 67.5 Å². The predicted octanol–water partition coefficient (Wildman–Crippen LogP) is 5.69. The maximum Gasteiger partial charge on any atom is 0.419 e. The van der Waals surface area contributed by atoms with Crippen molar-refractivity contribution in [2.75, 3.05) is 24.3 Å². The fourth-order valence-electron chi connectivity index (χ4n) is 5.89. The first-order valence-corrected chi connectivity index (χ1v) is 12.9. The second kappa shape index (κ2) is 11.7. The molecule has 2 amide bonds. The Hall–Kier alpha value is -3.61. The predicted molar refractivity (Wildman–Crippen MR) is 137 cm³/mol. The molecule has 13 heteroatoms. The van der Waals surface area contributed by atoms with Crippen LogP contribution in [0.15, 0.2) is 48.0 Å². The van der Waals surface area contributed by atoms with Crippen molar-refractivity contribution in [3.05, 3.63) is 70.6 Å². The molecule has 0 spiro atoms. The van der Waals surface area contributed by atoms with Gasteiger partial charge in [0.05, 0.1) is 17.0 Å². The summed E-state index contributed by atoms with van der Waals surface area (Å²) in [6.45, 7) is -0.0654. The molecular weight excluding hydrogens is 559 g/mol. The first kappa shape index (κ1) is 30.4. The Morgan fingerprint density at radius 1 is 1.02 bits per heavy atom. The summed E-state index contributed by atoms with van der Waals surface area (Å²) in [6, 6.07) is 5.79. The van der Waals surface area contributed by atoms with Crippen LogP contribution in [-0.2, 0) is 17.4 Å². The van der Waals surface area contributed by atoms with Crippen molar-refractivity contribution in [2.45, 2.75) is 44.1 Å². The second-order valence-corrected chi connectivity index (χ2v) is 10.1. The lowest BCUT2D eigenvalue weighted by atomic mass is 9.83. The van der Waals surface area contributed by atoms with E-state index in [1.165, 1.54) is 0 Å². The van der Waals surface area contributed by atoms with E-state index >= 15 is 0 Å². The molecule has 6 nitrogen and oxygen atoms in total. The molecule has 222 valence electrons. The highest BCUT2D eigenvalue weighted by atomic mass is 19.4. The number of hydrogen-bond acceptors (Lipinski definition) is 4. The second-order valence-electron chi connectivity index (χ2n) is 10.1. The number of carbonyl (C=O) groups excluding carboxylic acids is 2. The summed E-state index contributed by atoms with van der Waals surface area (Å²) < 4.78 is 93.6. The topological polar surface area (TPSA) is 90.5 Å². The number of alkyl halides is 6. The zero-order valence-electron chi connectivity index (χ0n) is 21.8. The highest BCUT2D eigenvalue weighted by molar-refractivity contribution is 6.01. The maximum absolute atomic E-state index is 13.7. The van der Waals surface area contributed by atoms with E-state index in [-0.39, 0.29) is 42.3 Å². The molecule has 0 radical (unpaired) electrons. The third-order valence-corrected chi connectivity index (χ3v) is 7.59. The quantitative estimate of drug-likeness (QED) is 0.236. The number of amides is 2. The van der Waals surface area contributed by atoms with Crippen LogP contribution in [0.25, 0.3) is 0 Å². The van der Waals surface area contributed by atoms with Gasteiger partial charge < -0.3 is 21.1 Å². The van der Waals surface area contributed by atoms with E-state index in [2.05, 4.69) is 16.0 Å². The summed E-state index contributed by atoms with van der Waals surface area (Å²) in [5, 5.41) is 17.0. The van der Waals surface area contributed by atoms with Crippen LogP contribution in [-0.4, -0.2) is 42.8 Å². The third kappa shape index (κ3) is 6.66. The van der Waals surface area contributed by atoms with Crippen LogP contribution >= 0.6 is 0 Å². The van der Waals surface area contributed by atoms with Gasteiger partial charge in [0.1, 0.15) is 5.82 Å². The first-order chi connectivity index (χ1) is 19.2. The number of benzene rings is 2. The zero-order chi connectivity index (χ0) is 30.1. The largest absolute Gasteiger partial charge is 0.419 e. The van der Waals surface area contributed by atoms with Gasteiger partial charge in [-0.3, -0.25) is 9.59 Å². The minimum atomic E-state index is -5.03. The van der Waals surface area contributed by atoms with Gasteiger partial charge in [-0.1, -0.05) is 11.6 Å². The lowest BCUT2D eigenvalue weighted by Gasteiger charge is -2.30. The van der Waals surface area contributed by atoms with Crippen molar-refractivity contribution in [1.82, 2.24) is 5.32 Å². The van der Waals surface area contributed by atoms with Crippen molar-refractivity contribution in [1.29, 1.82) is 0 Å². The summed E-state index contributed by atoms with van der Waals surface area (Å²) in [7, 11) is 1.58. The van der Waals surface area contributed by atoms with E-state index in [0.717, 1.165) is 11.6 Å². The number of fused-ring (bicyclic) bond motifs is 2. The van der Waals surface area contributed by atoms with E-state index in [1.54, 1.807) is 25.2 Å². The van der Waals surface area contributed by atoms with E-state index in [0.29, 0.717) is 30.7 Å². The Morgan fingerprint density at radius 2 is 1.73 bits per heavy atom. The zero-order valence-corrected chi connectivity index (χ0v) is 21.8. The summed E-state index contributed by atoms with van der Waals surface area (Å²) >= 11 is 0. The molecule has 0 aromatic heterocycles. The number of rotatable bonds is 8. The molecule has 4 atom stereocenters. The highest BCUT2D eigenvalue weighted by Crippen LogP contribution is 2.54. The van der Waals surface area contributed by atoms with Gasteiger partial charge in [0.15, 0.2) is 0 Å². The SMILES string of the molecule is CNc1ccc(CCCO)cc1C(=O)N[C@H]1[C@@H](C(=O)Nc2ccc(F)c(C(F)(F)F)c2)[C@H]2CC[C@@H]1/C2=C\C(F)(F)F. The molecule has 2 aliphatic rings. The molecule has 2 aromatic carbocycles.